The van der Waals surface area contributed by atoms with E-state index in [1.165, 1.54) is 19.2 Å². The van der Waals surface area contributed by atoms with Crippen molar-refractivity contribution in [2.24, 2.45) is 0 Å². The molecule has 4 nitrogen and oxygen atoms in total. The summed E-state index contributed by atoms with van der Waals surface area (Å²) >= 11 is 0. The first-order chi connectivity index (χ1) is 7.00. The maximum atomic E-state index is 12.8. The number of pyridine rings is 1. The molecule has 1 heterocycles. The molecule has 15 heavy (non-hydrogen) atoms. The van der Waals surface area contributed by atoms with Crippen LogP contribution in [0.4, 0.5) is 4.39 Å². The van der Waals surface area contributed by atoms with Crippen molar-refractivity contribution in [1.82, 2.24) is 10.3 Å². The van der Waals surface area contributed by atoms with Gasteiger partial charge in [0.05, 0.1) is 6.20 Å². The van der Waals surface area contributed by atoms with Crippen LogP contribution in [0.15, 0.2) is 18.5 Å². The van der Waals surface area contributed by atoms with E-state index in [4.69, 9.17) is 5.11 Å². The van der Waals surface area contributed by atoms with E-state index in [0.717, 1.165) is 6.20 Å². The summed E-state index contributed by atoms with van der Waals surface area (Å²) in [5.74, 6) is -1.37. The van der Waals surface area contributed by atoms with Crippen molar-refractivity contribution in [2.75, 3.05) is 0 Å². The fraction of sp³-hybridized carbons (Fsp3) is 0.400. The first-order valence-electron chi connectivity index (χ1n) is 4.60. The summed E-state index contributed by atoms with van der Waals surface area (Å²) in [5, 5.41) is 11.5. The minimum absolute atomic E-state index is 0.251. The highest BCUT2D eigenvalue weighted by molar-refractivity contribution is 5.72. The molecule has 2 atom stereocenters. The molecule has 82 valence electrons. The van der Waals surface area contributed by atoms with Gasteiger partial charge in [-0.05, 0) is 25.5 Å². The van der Waals surface area contributed by atoms with Gasteiger partial charge in [0.25, 0.3) is 0 Å². The van der Waals surface area contributed by atoms with Crippen molar-refractivity contribution < 1.29 is 14.3 Å². The number of hydrogen-bond acceptors (Lipinski definition) is 3. The maximum absolute atomic E-state index is 12.8. The van der Waals surface area contributed by atoms with Crippen LogP contribution in [0.2, 0.25) is 0 Å². The second-order valence-corrected chi connectivity index (χ2v) is 3.38. The van der Waals surface area contributed by atoms with Crippen molar-refractivity contribution >= 4 is 5.97 Å². The second-order valence-electron chi connectivity index (χ2n) is 3.38. The number of carboxylic acid groups (broad SMARTS) is 1. The Morgan fingerprint density at radius 2 is 2.20 bits per heavy atom. The number of hydrogen-bond donors (Lipinski definition) is 2. The van der Waals surface area contributed by atoms with Crippen LogP contribution in [0.1, 0.15) is 25.5 Å². The lowest BCUT2D eigenvalue weighted by molar-refractivity contribution is -0.139. The van der Waals surface area contributed by atoms with Crippen LogP contribution in [0.25, 0.3) is 0 Å². The van der Waals surface area contributed by atoms with Crippen molar-refractivity contribution in [3.05, 3.63) is 29.8 Å². The maximum Gasteiger partial charge on any atom is 0.320 e. The molecule has 2 unspecified atom stereocenters. The average molecular weight is 212 g/mol. The van der Waals surface area contributed by atoms with Crippen LogP contribution in [0.3, 0.4) is 0 Å². The van der Waals surface area contributed by atoms with Crippen molar-refractivity contribution in [1.29, 1.82) is 0 Å². The van der Waals surface area contributed by atoms with E-state index in [1.807, 2.05) is 0 Å². The van der Waals surface area contributed by atoms with Gasteiger partial charge in [-0.3, -0.25) is 15.1 Å². The zero-order valence-electron chi connectivity index (χ0n) is 8.57. The van der Waals surface area contributed by atoms with E-state index in [9.17, 15) is 9.18 Å². The predicted molar refractivity (Wildman–Crippen MR) is 52.8 cm³/mol. The lowest BCUT2D eigenvalue weighted by Crippen LogP contribution is -2.35. The minimum atomic E-state index is -0.939. The monoisotopic (exact) mass is 212 g/mol. The highest BCUT2D eigenvalue weighted by Crippen LogP contribution is 2.12. The van der Waals surface area contributed by atoms with Crippen LogP contribution in [0.5, 0.6) is 0 Å². The third kappa shape index (κ3) is 3.28. The molecule has 0 aliphatic rings. The zero-order valence-corrected chi connectivity index (χ0v) is 8.57. The SMILES string of the molecule is CC(NC(C)c1cncc(F)c1)C(=O)O. The summed E-state index contributed by atoms with van der Waals surface area (Å²) in [6.45, 7) is 3.29. The Kier molecular flexibility index (Phi) is 3.74. The molecule has 0 aliphatic heterocycles. The summed E-state index contributed by atoms with van der Waals surface area (Å²) in [6, 6.07) is 0.404. The van der Waals surface area contributed by atoms with Gasteiger partial charge in [0, 0.05) is 12.2 Å². The fourth-order valence-electron chi connectivity index (χ4n) is 1.21. The Balaban J connectivity index is 2.68. The number of nitrogens with zero attached hydrogens (tertiary/aromatic N) is 1. The van der Waals surface area contributed by atoms with Crippen LogP contribution in [0, 0.1) is 5.82 Å². The third-order valence-electron chi connectivity index (χ3n) is 2.10. The molecular formula is C10H13FN2O2. The average Bonchev–Trinajstić information content (AvgIpc) is 2.17. The summed E-state index contributed by atoms with van der Waals surface area (Å²) in [4.78, 5) is 14.3. The van der Waals surface area contributed by atoms with Gasteiger partial charge in [-0.15, -0.1) is 0 Å². The van der Waals surface area contributed by atoms with Gasteiger partial charge in [-0.2, -0.15) is 0 Å². The fourth-order valence-corrected chi connectivity index (χ4v) is 1.21. The molecule has 0 saturated carbocycles. The molecule has 0 amide bonds. The highest BCUT2D eigenvalue weighted by atomic mass is 19.1. The topological polar surface area (TPSA) is 62.2 Å². The quantitative estimate of drug-likeness (QED) is 0.790. The number of nitrogens with one attached hydrogen (secondary N) is 1. The first kappa shape index (κ1) is 11.6. The number of carbonyl (C=O) groups is 1. The summed E-state index contributed by atoms with van der Waals surface area (Å²) in [7, 11) is 0. The Morgan fingerprint density at radius 1 is 1.53 bits per heavy atom. The predicted octanol–water partition coefficient (Wildman–Crippen LogP) is 1.34. The molecule has 1 aromatic heterocycles. The van der Waals surface area contributed by atoms with E-state index in [0.29, 0.717) is 5.56 Å². The molecule has 0 saturated heterocycles. The molecule has 1 aromatic rings. The van der Waals surface area contributed by atoms with Gasteiger partial charge < -0.3 is 5.11 Å². The van der Waals surface area contributed by atoms with Crippen molar-refractivity contribution in [2.45, 2.75) is 25.9 Å². The zero-order chi connectivity index (χ0) is 11.4. The highest BCUT2D eigenvalue weighted by Gasteiger charge is 2.15. The van der Waals surface area contributed by atoms with Crippen molar-refractivity contribution in [3.63, 3.8) is 0 Å². The molecule has 1 rings (SSSR count). The van der Waals surface area contributed by atoms with E-state index >= 15 is 0 Å². The van der Waals surface area contributed by atoms with E-state index in [2.05, 4.69) is 10.3 Å². The summed E-state index contributed by atoms with van der Waals surface area (Å²) in [5.41, 5.74) is 0.628. The Labute approximate surface area is 87.1 Å². The number of halogens is 1. The largest absolute Gasteiger partial charge is 0.480 e. The second kappa shape index (κ2) is 4.84. The number of aliphatic carboxylic acids is 1. The van der Waals surface area contributed by atoms with E-state index in [1.54, 1.807) is 6.92 Å². The molecule has 2 N–H and O–H groups in total. The third-order valence-corrected chi connectivity index (χ3v) is 2.10. The van der Waals surface area contributed by atoms with Gasteiger partial charge in [0.2, 0.25) is 0 Å². The lowest BCUT2D eigenvalue weighted by Gasteiger charge is -2.16. The summed E-state index contributed by atoms with van der Waals surface area (Å²) in [6.07, 6.45) is 2.62. The molecule has 0 bridgehead atoms. The molecule has 5 heteroatoms. The standard InChI is InChI=1S/C10H13FN2O2/c1-6(13-7(2)10(14)15)8-3-9(11)5-12-4-8/h3-7,13H,1-2H3,(H,14,15). The van der Waals surface area contributed by atoms with Crippen molar-refractivity contribution in [3.8, 4) is 0 Å². The molecule has 0 fully saturated rings. The molecule has 0 aliphatic carbocycles. The Morgan fingerprint density at radius 3 is 2.73 bits per heavy atom. The van der Waals surface area contributed by atoms with Crippen LogP contribution in [-0.2, 0) is 4.79 Å². The van der Waals surface area contributed by atoms with Gasteiger partial charge >= 0.3 is 5.97 Å². The lowest BCUT2D eigenvalue weighted by atomic mass is 10.1. The Bertz CT molecular complexity index is 357. The minimum Gasteiger partial charge on any atom is -0.480 e. The van der Waals surface area contributed by atoms with Gasteiger partial charge in [-0.25, -0.2) is 4.39 Å². The molecule has 0 spiro atoms. The smallest absolute Gasteiger partial charge is 0.320 e. The van der Waals surface area contributed by atoms with E-state index < -0.39 is 17.8 Å². The Hall–Kier alpha value is -1.49. The molecule has 0 radical (unpaired) electrons. The van der Waals surface area contributed by atoms with Crippen LogP contribution in [-0.4, -0.2) is 22.1 Å². The normalized spacial score (nSPS) is 14.6. The summed E-state index contributed by atoms with van der Waals surface area (Å²) < 4.78 is 12.8. The number of rotatable bonds is 4. The van der Waals surface area contributed by atoms with E-state index in [-0.39, 0.29) is 6.04 Å². The number of carboxylic acids is 1. The van der Waals surface area contributed by atoms with Crippen LogP contribution < -0.4 is 5.32 Å². The molecule has 0 aromatic carbocycles. The van der Waals surface area contributed by atoms with Gasteiger partial charge in [-0.1, -0.05) is 0 Å². The first-order valence-corrected chi connectivity index (χ1v) is 4.60. The van der Waals surface area contributed by atoms with Crippen LogP contribution >= 0.6 is 0 Å². The van der Waals surface area contributed by atoms with Gasteiger partial charge in [0.1, 0.15) is 11.9 Å². The molecular weight excluding hydrogens is 199 g/mol. The number of aromatic nitrogens is 1. The van der Waals surface area contributed by atoms with Gasteiger partial charge in [0.15, 0.2) is 0 Å².